The molecule has 3 atom stereocenters. The van der Waals surface area contributed by atoms with Crippen molar-refractivity contribution in [2.75, 3.05) is 0 Å². The van der Waals surface area contributed by atoms with Gasteiger partial charge in [0.15, 0.2) is 5.65 Å². The van der Waals surface area contributed by atoms with Crippen molar-refractivity contribution in [3.63, 3.8) is 0 Å². The van der Waals surface area contributed by atoms with E-state index in [1.165, 1.54) is 19.2 Å². The molecule has 0 saturated carbocycles. The third kappa shape index (κ3) is 3.87. The van der Waals surface area contributed by atoms with Crippen molar-refractivity contribution >= 4 is 5.65 Å². The summed E-state index contributed by atoms with van der Waals surface area (Å²) in [6.45, 7) is 3.29. The number of aryl methyl sites for hydroxylation is 2. The summed E-state index contributed by atoms with van der Waals surface area (Å²) >= 11 is 0. The smallest absolute Gasteiger partial charge is 0.294 e. The molecule has 1 aliphatic heterocycles. The molecule has 34 heavy (non-hydrogen) atoms. The summed E-state index contributed by atoms with van der Waals surface area (Å²) in [5.74, 6) is -2.76. The van der Waals surface area contributed by atoms with Crippen LogP contribution in [0, 0.1) is 24.4 Å². The van der Waals surface area contributed by atoms with E-state index >= 15 is 0 Å². The molecule has 0 spiro atoms. The van der Waals surface area contributed by atoms with Crippen LogP contribution in [0.25, 0.3) is 16.9 Å². The molecule has 5 rings (SSSR count). The molecule has 10 heteroatoms. The third-order valence-corrected chi connectivity index (χ3v) is 6.15. The topological polar surface area (TPSA) is 74.3 Å². The second kappa shape index (κ2) is 8.35. The number of rotatable bonds is 3. The number of ether oxygens (including phenoxy) is 1. The summed E-state index contributed by atoms with van der Waals surface area (Å²) in [7, 11) is 1.82. The summed E-state index contributed by atoms with van der Waals surface area (Å²) in [6, 6.07) is 3.09. The molecule has 176 valence electrons. The summed E-state index contributed by atoms with van der Waals surface area (Å²) in [6.07, 6.45) is 5.82. The average molecular weight is 469 g/mol. The third-order valence-electron chi connectivity index (χ3n) is 6.15. The lowest BCUT2D eigenvalue weighted by Gasteiger charge is -2.33. The normalized spacial score (nSPS) is 20.7. The first kappa shape index (κ1) is 22.3. The largest absolute Gasteiger partial charge is 0.370 e. The Morgan fingerprint density at radius 2 is 1.91 bits per heavy atom. The first-order valence-corrected chi connectivity index (χ1v) is 10.9. The first-order valence-electron chi connectivity index (χ1n) is 10.9. The number of fused-ring (bicyclic) bond motifs is 1. The lowest BCUT2D eigenvalue weighted by molar-refractivity contribution is -0.0506. The lowest BCUT2D eigenvalue weighted by atomic mass is 9.87. The maximum atomic E-state index is 14.8. The number of halogens is 3. The molecular weight excluding hydrogens is 447 g/mol. The summed E-state index contributed by atoms with van der Waals surface area (Å²) in [5, 5.41) is 4.21. The van der Waals surface area contributed by atoms with E-state index in [1.54, 1.807) is 10.9 Å². The highest BCUT2D eigenvalue weighted by Crippen LogP contribution is 2.40. The Labute approximate surface area is 192 Å². The highest BCUT2D eigenvalue weighted by Gasteiger charge is 2.32. The quantitative estimate of drug-likeness (QED) is 0.449. The number of hydrogen-bond donors (Lipinski definition) is 0. The van der Waals surface area contributed by atoms with Crippen LogP contribution in [0.4, 0.5) is 13.2 Å². The molecule has 1 unspecified atom stereocenters. The molecule has 0 radical (unpaired) electrons. The monoisotopic (exact) mass is 469 g/mol. The van der Waals surface area contributed by atoms with Gasteiger partial charge in [-0.15, -0.1) is 0 Å². The van der Waals surface area contributed by atoms with Crippen LogP contribution >= 0.6 is 0 Å². The van der Waals surface area contributed by atoms with Gasteiger partial charge in [-0.25, -0.2) is 18.7 Å². The highest BCUT2D eigenvalue weighted by molar-refractivity contribution is 5.74. The van der Waals surface area contributed by atoms with Crippen LogP contribution in [0.15, 0.2) is 41.6 Å². The molecule has 1 aliphatic rings. The van der Waals surface area contributed by atoms with Crippen molar-refractivity contribution < 1.29 is 17.9 Å². The molecule has 7 nitrogen and oxygen atoms in total. The summed E-state index contributed by atoms with van der Waals surface area (Å²) in [4.78, 5) is 21.6. The van der Waals surface area contributed by atoms with Gasteiger partial charge in [-0.1, -0.05) is 0 Å². The van der Waals surface area contributed by atoms with Crippen molar-refractivity contribution in [3.8, 4) is 11.3 Å². The van der Waals surface area contributed by atoms with Crippen LogP contribution in [0.2, 0.25) is 0 Å². The van der Waals surface area contributed by atoms with E-state index < -0.39 is 23.0 Å². The molecular formula is C24H22F3N5O2. The van der Waals surface area contributed by atoms with Crippen LogP contribution in [0.3, 0.4) is 0 Å². The van der Waals surface area contributed by atoms with E-state index in [9.17, 15) is 18.0 Å². The van der Waals surface area contributed by atoms with Gasteiger partial charge in [0, 0.05) is 42.6 Å². The van der Waals surface area contributed by atoms with Gasteiger partial charge in [0.2, 0.25) is 5.82 Å². The standard InChI is InChI=1S/C24H22F3N5O2/c1-12-6-14(7-20(34-12)15-9-28-31(3)10-15)19-11-32-23(29-13(2)21(27)24(32)33)22(30-19)17-5-4-16(25)8-18(17)26/h4-5,8-12,14,20H,6-7H2,1-3H3/t12-,14?,20-/m0/s1. The second-order valence-electron chi connectivity index (χ2n) is 8.70. The molecule has 0 amide bonds. The number of benzene rings is 1. The van der Waals surface area contributed by atoms with E-state index in [1.807, 2.05) is 20.2 Å². The molecule has 4 aromatic rings. The maximum Gasteiger partial charge on any atom is 0.294 e. The lowest BCUT2D eigenvalue weighted by Crippen LogP contribution is -2.27. The van der Waals surface area contributed by atoms with E-state index in [4.69, 9.17) is 4.74 Å². The second-order valence-corrected chi connectivity index (χ2v) is 8.70. The predicted molar refractivity (Wildman–Crippen MR) is 118 cm³/mol. The summed E-state index contributed by atoms with van der Waals surface area (Å²) < 4.78 is 51.7. The molecule has 0 bridgehead atoms. The predicted octanol–water partition coefficient (Wildman–Crippen LogP) is 4.24. The van der Waals surface area contributed by atoms with Crippen LogP contribution in [0.5, 0.6) is 0 Å². The van der Waals surface area contributed by atoms with Crippen molar-refractivity contribution in [3.05, 3.63) is 81.5 Å². The van der Waals surface area contributed by atoms with Gasteiger partial charge in [0.25, 0.3) is 5.56 Å². The molecule has 0 N–H and O–H groups in total. The van der Waals surface area contributed by atoms with E-state index in [0.29, 0.717) is 18.5 Å². The Morgan fingerprint density at radius 1 is 1.12 bits per heavy atom. The highest BCUT2D eigenvalue weighted by atomic mass is 19.1. The van der Waals surface area contributed by atoms with E-state index in [0.717, 1.165) is 22.1 Å². The van der Waals surface area contributed by atoms with Crippen LogP contribution in [-0.2, 0) is 11.8 Å². The first-order chi connectivity index (χ1) is 16.2. The SMILES string of the molecule is Cc1nc2c(-c3ccc(F)cc3F)nc(C3C[C@@H](c4cnn(C)c4)O[C@@H](C)C3)cn2c(=O)c1F. The van der Waals surface area contributed by atoms with E-state index in [2.05, 4.69) is 15.1 Å². The van der Waals surface area contributed by atoms with Crippen molar-refractivity contribution in [2.45, 2.75) is 44.8 Å². The van der Waals surface area contributed by atoms with Gasteiger partial charge in [0.1, 0.15) is 17.3 Å². The molecule has 1 aromatic carbocycles. The Kier molecular flexibility index (Phi) is 5.47. The molecule has 1 fully saturated rings. The van der Waals surface area contributed by atoms with Gasteiger partial charge >= 0.3 is 0 Å². The molecule has 3 aromatic heterocycles. The Balaban J connectivity index is 1.69. The fourth-order valence-electron chi connectivity index (χ4n) is 4.51. The minimum Gasteiger partial charge on any atom is -0.370 e. The fraction of sp³-hybridized carbons (Fsp3) is 0.333. The van der Waals surface area contributed by atoms with Crippen LogP contribution in [-0.4, -0.2) is 30.3 Å². The zero-order valence-corrected chi connectivity index (χ0v) is 18.8. The molecule has 1 saturated heterocycles. The Morgan fingerprint density at radius 3 is 2.62 bits per heavy atom. The van der Waals surface area contributed by atoms with Crippen LogP contribution < -0.4 is 5.56 Å². The van der Waals surface area contributed by atoms with Gasteiger partial charge in [-0.05, 0) is 38.8 Å². The van der Waals surface area contributed by atoms with Gasteiger partial charge in [0.05, 0.1) is 29.8 Å². The van der Waals surface area contributed by atoms with Crippen molar-refractivity contribution in [1.82, 2.24) is 24.1 Å². The maximum absolute atomic E-state index is 14.8. The number of aromatic nitrogens is 5. The summed E-state index contributed by atoms with van der Waals surface area (Å²) in [5.41, 5.74) is 0.378. The number of hydrogen-bond acceptors (Lipinski definition) is 5. The Hall–Kier alpha value is -3.53. The van der Waals surface area contributed by atoms with E-state index in [-0.39, 0.29) is 40.7 Å². The van der Waals surface area contributed by atoms with Gasteiger partial charge in [-0.3, -0.25) is 13.9 Å². The zero-order chi connectivity index (χ0) is 24.1. The van der Waals surface area contributed by atoms with Crippen molar-refractivity contribution in [2.24, 2.45) is 7.05 Å². The molecule has 4 heterocycles. The van der Waals surface area contributed by atoms with Gasteiger partial charge < -0.3 is 4.74 Å². The molecule has 0 aliphatic carbocycles. The average Bonchev–Trinajstić information content (AvgIpc) is 3.23. The van der Waals surface area contributed by atoms with Crippen molar-refractivity contribution in [1.29, 1.82) is 0 Å². The van der Waals surface area contributed by atoms with Gasteiger partial charge in [-0.2, -0.15) is 9.49 Å². The van der Waals surface area contributed by atoms with Crippen LogP contribution in [0.1, 0.15) is 48.7 Å². The minimum absolute atomic E-state index is 0.00192. The number of nitrogens with zero attached hydrogens (tertiary/aromatic N) is 5. The Bertz CT molecular complexity index is 1470. The minimum atomic E-state index is -0.992. The zero-order valence-electron chi connectivity index (χ0n) is 18.8. The fourth-order valence-corrected chi connectivity index (χ4v) is 4.51.